The molecule has 1 nitrogen and oxygen atoms in total. The molecule has 0 aromatic carbocycles. The molecule has 0 spiro atoms. The van der Waals surface area contributed by atoms with Crippen molar-refractivity contribution in [2.45, 2.75) is 26.9 Å². The summed E-state index contributed by atoms with van der Waals surface area (Å²) in [6.07, 6.45) is 5.38. The molecule has 0 N–H and O–H groups in total. The molecule has 0 aliphatic rings. The van der Waals surface area contributed by atoms with Gasteiger partial charge in [0, 0.05) is 7.11 Å². The second kappa shape index (κ2) is 2.89. The van der Waals surface area contributed by atoms with E-state index in [1.54, 1.807) is 7.11 Å². The Labute approximate surface area is 57.4 Å². The zero-order chi connectivity index (χ0) is 7.49. The number of hydrogen-bond acceptors (Lipinski definition) is 1. The highest BCUT2D eigenvalue weighted by molar-refractivity contribution is 5.03. The van der Waals surface area contributed by atoms with Gasteiger partial charge >= 0.3 is 0 Å². The van der Waals surface area contributed by atoms with Crippen LogP contribution in [0.4, 0.5) is 0 Å². The van der Waals surface area contributed by atoms with Crippen LogP contribution in [-0.4, -0.2) is 13.2 Å². The van der Waals surface area contributed by atoms with E-state index in [0.29, 0.717) is 0 Å². The lowest BCUT2D eigenvalue weighted by Gasteiger charge is -2.24. The molecule has 0 rings (SSSR count). The van der Waals surface area contributed by atoms with E-state index in [-0.39, 0.29) is 11.5 Å². The van der Waals surface area contributed by atoms with Crippen molar-refractivity contribution in [1.82, 2.24) is 0 Å². The highest BCUT2D eigenvalue weighted by Crippen LogP contribution is 2.20. The molecule has 9 heavy (non-hydrogen) atoms. The minimum absolute atomic E-state index is 0.127. The lowest BCUT2D eigenvalue weighted by atomic mass is 9.89. The maximum atomic E-state index is 5.25. The maximum Gasteiger partial charge on any atom is 0.0703 e. The van der Waals surface area contributed by atoms with Gasteiger partial charge in [0.15, 0.2) is 0 Å². The summed E-state index contributed by atoms with van der Waals surface area (Å²) in [6.45, 7) is 5.95. The van der Waals surface area contributed by atoms with Gasteiger partial charge in [0.2, 0.25) is 0 Å². The van der Waals surface area contributed by atoms with Gasteiger partial charge in [-0.05, 0) is 20.8 Å². The lowest BCUT2D eigenvalue weighted by Crippen LogP contribution is -2.26. The fraction of sp³-hybridized carbons (Fsp3) is 0.750. The van der Waals surface area contributed by atoms with Crippen LogP contribution in [0.25, 0.3) is 0 Å². The predicted octanol–water partition coefficient (Wildman–Crippen LogP) is 1.68. The summed E-state index contributed by atoms with van der Waals surface area (Å²) in [5, 5.41) is 0. The van der Waals surface area contributed by atoms with Gasteiger partial charge in [-0.1, -0.05) is 5.92 Å². The minimum Gasteiger partial charge on any atom is -0.380 e. The smallest absolute Gasteiger partial charge is 0.0703 e. The molecule has 0 aromatic heterocycles. The third kappa shape index (κ3) is 2.07. The minimum atomic E-state index is -0.144. The Hall–Kier alpha value is -0.480. The van der Waals surface area contributed by atoms with Gasteiger partial charge in [0.1, 0.15) is 0 Å². The van der Waals surface area contributed by atoms with Gasteiger partial charge < -0.3 is 4.74 Å². The summed E-state index contributed by atoms with van der Waals surface area (Å²) in [6, 6.07) is 0. The van der Waals surface area contributed by atoms with Crippen LogP contribution in [0.15, 0.2) is 0 Å². The average Bonchev–Trinajstić information content (AvgIpc) is 1.86. The molecule has 1 heteroatoms. The Kier molecular flexibility index (Phi) is 2.73. The van der Waals surface area contributed by atoms with Crippen molar-refractivity contribution in [2.24, 2.45) is 5.41 Å². The number of terminal acetylenes is 1. The highest BCUT2D eigenvalue weighted by Gasteiger charge is 2.22. The topological polar surface area (TPSA) is 9.23 Å². The van der Waals surface area contributed by atoms with Crippen LogP contribution < -0.4 is 0 Å². The van der Waals surface area contributed by atoms with Crippen molar-refractivity contribution in [1.29, 1.82) is 0 Å². The predicted molar refractivity (Wildman–Crippen MR) is 39.1 cm³/mol. The van der Waals surface area contributed by atoms with E-state index in [1.807, 2.05) is 20.8 Å². The zero-order valence-corrected chi connectivity index (χ0v) is 6.56. The third-order valence-electron chi connectivity index (χ3n) is 1.74. The first kappa shape index (κ1) is 8.52. The first-order valence-electron chi connectivity index (χ1n) is 3.05. The van der Waals surface area contributed by atoms with E-state index in [0.717, 1.165) is 0 Å². The molecule has 0 saturated heterocycles. The Morgan fingerprint density at radius 2 is 2.00 bits per heavy atom. The Morgan fingerprint density at radius 3 is 2.11 bits per heavy atom. The number of ether oxygens (including phenoxy) is 1. The largest absolute Gasteiger partial charge is 0.380 e. The van der Waals surface area contributed by atoms with Crippen LogP contribution in [-0.2, 0) is 4.74 Å². The number of methoxy groups -OCH3 is 1. The number of hydrogen-bond donors (Lipinski definition) is 0. The van der Waals surface area contributed by atoms with Crippen molar-refractivity contribution in [3.05, 3.63) is 0 Å². The van der Waals surface area contributed by atoms with E-state index in [4.69, 9.17) is 11.2 Å². The molecular formula is C8H14O. The summed E-state index contributed by atoms with van der Waals surface area (Å²) in [4.78, 5) is 0. The van der Waals surface area contributed by atoms with E-state index in [2.05, 4.69) is 5.92 Å². The summed E-state index contributed by atoms with van der Waals surface area (Å²) in [5.74, 6) is 2.67. The monoisotopic (exact) mass is 126 g/mol. The molecule has 0 amide bonds. The third-order valence-corrected chi connectivity index (χ3v) is 1.74. The molecule has 0 aromatic rings. The number of rotatable bonds is 2. The molecular weight excluding hydrogens is 112 g/mol. The molecule has 52 valence electrons. The van der Waals surface area contributed by atoms with E-state index < -0.39 is 0 Å². The van der Waals surface area contributed by atoms with Crippen LogP contribution in [0.1, 0.15) is 20.8 Å². The molecule has 1 atom stereocenters. The highest BCUT2D eigenvalue weighted by atomic mass is 16.5. The maximum absolute atomic E-state index is 5.25. The second-order valence-corrected chi connectivity index (χ2v) is 2.74. The van der Waals surface area contributed by atoms with Gasteiger partial charge in [0.25, 0.3) is 0 Å². The Bertz CT molecular complexity index is 119. The Balaban J connectivity index is 4.01. The fourth-order valence-corrected chi connectivity index (χ4v) is 0.412. The van der Waals surface area contributed by atoms with Crippen molar-refractivity contribution < 1.29 is 4.74 Å². The molecule has 0 heterocycles. The molecule has 0 saturated carbocycles. The summed E-state index contributed by atoms with van der Waals surface area (Å²) in [7, 11) is 1.67. The molecule has 0 aliphatic heterocycles. The molecule has 1 unspecified atom stereocenters. The Morgan fingerprint density at radius 1 is 1.56 bits per heavy atom. The van der Waals surface area contributed by atoms with Crippen molar-refractivity contribution in [3.8, 4) is 12.3 Å². The SMILES string of the molecule is C#CC(C)(C)C(C)OC. The van der Waals surface area contributed by atoms with E-state index in [1.165, 1.54) is 0 Å². The first-order valence-corrected chi connectivity index (χ1v) is 3.05. The van der Waals surface area contributed by atoms with Crippen LogP contribution >= 0.6 is 0 Å². The lowest BCUT2D eigenvalue weighted by molar-refractivity contribution is 0.0511. The second-order valence-electron chi connectivity index (χ2n) is 2.74. The van der Waals surface area contributed by atoms with E-state index >= 15 is 0 Å². The van der Waals surface area contributed by atoms with Crippen LogP contribution in [0.2, 0.25) is 0 Å². The van der Waals surface area contributed by atoms with Crippen LogP contribution in [0, 0.1) is 17.8 Å². The summed E-state index contributed by atoms with van der Waals surface area (Å²) in [5.41, 5.74) is -0.144. The van der Waals surface area contributed by atoms with Gasteiger partial charge in [0.05, 0.1) is 11.5 Å². The fourth-order valence-electron chi connectivity index (χ4n) is 0.412. The zero-order valence-electron chi connectivity index (χ0n) is 6.56. The van der Waals surface area contributed by atoms with Crippen molar-refractivity contribution >= 4 is 0 Å². The summed E-state index contributed by atoms with van der Waals surface area (Å²) >= 11 is 0. The van der Waals surface area contributed by atoms with Crippen LogP contribution in [0.3, 0.4) is 0 Å². The van der Waals surface area contributed by atoms with Crippen molar-refractivity contribution in [3.63, 3.8) is 0 Å². The average molecular weight is 126 g/mol. The standard InChI is InChI=1S/C8H14O/c1-6-8(3,4)7(2)9-5/h1,7H,2-5H3. The van der Waals surface area contributed by atoms with Gasteiger partial charge in [-0.15, -0.1) is 6.42 Å². The van der Waals surface area contributed by atoms with Gasteiger partial charge in [-0.3, -0.25) is 0 Å². The quantitative estimate of drug-likeness (QED) is 0.511. The van der Waals surface area contributed by atoms with Crippen molar-refractivity contribution in [2.75, 3.05) is 7.11 Å². The van der Waals surface area contributed by atoms with E-state index in [9.17, 15) is 0 Å². The molecule has 0 bridgehead atoms. The molecule has 0 fully saturated rings. The summed E-state index contributed by atoms with van der Waals surface area (Å²) < 4.78 is 5.06. The van der Waals surface area contributed by atoms with Gasteiger partial charge in [-0.25, -0.2) is 0 Å². The first-order chi connectivity index (χ1) is 4.04. The van der Waals surface area contributed by atoms with Crippen LogP contribution in [0.5, 0.6) is 0 Å². The normalized spacial score (nSPS) is 14.6. The van der Waals surface area contributed by atoms with Gasteiger partial charge in [-0.2, -0.15) is 0 Å². The molecule has 0 aliphatic carbocycles. The molecule has 0 radical (unpaired) electrons.